The van der Waals surface area contributed by atoms with Crippen LogP contribution in [0, 0.1) is 0 Å². The Morgan fingerprint density at radius 2 is 1.76 bits per heavy atom. The molecule has 1 aromatic rings. The van der Waals surface area contributed by atoms with Gasteiger partial charge in [0.05, 0.1) is 5.92 Å². The molecule has 1 atom stereocenters. The number of imide groups is 1. The fourth-order valence-electron chi connectivity index (χ4n) is 2.63. The molecule has 1 aromatic carbocycles. The normalized spacial score (nSPS) is 20.2. The number of carbonyl (C=O) groups is 2. The lowest BCUT2D eigenvalue weighted by atomic mass is 9.96. The van der Waals surface area contributed by atoms with E-state index in [1.165, 1.54) is 0 Å². The average molecular weight is 304 g/mol. The van der Waals surface area contributed by atoms with Crippen LogP contribution in [0.15, 0.2) is 24.3 Å². The minimum atomic E-state index is -2.20. The molecular formula is C16H24N2O2Si. The van der Waals surface area contributed by atoms with E-state index >= 15 is 0 Å². The van der Waals surface area contributed by atoms with Crippen LogP contribution in [0.3, 0.4) is 0 Å². The summed E-state index contributed by atoms with van der Waals surface area (Å²) < 4.78 is 1.57. The number of hydrogen-bond donors (Lipinski definition) is 1. The Labute approximate surface area is 127 Å². The first kappa shape index (κ1) is 15.8. The van der Waals surface area contributed by atoms with E-state index in [0.29, 0.717) is 5.69 Å². The van der Waals surface area contributed by atoms with Crippen molar-refractivity contribution < 1.29 is 9.59 Å². The lowest BCUT2D eigenvalue weighted by molar-refractivity contribution is -0.133. The maximum absolute atomic E-state index is 12.8. The maximum atomic E-state index is 12.8. The minimum absolute atomic E-state index is 0.0557. The molecule has 114 valence electrons. The van der Waals surface area contributed by atoms with Crippen molar-refractivity contribution in [1.82, 2.24) is 4.57 Å². The van der Waals surface area contributed by atoms with Gasteiger partial charge in [0.1, 0.15) is 0 Å². The van der Waals surface area contributed by atoms with Crippen molar-refractivity contribution in [3.63, 3.8) is 0 Å². The van der Waals surface area contributed by atoms with Gasteiger partial charge in [0.25, 0.3) is 0 Å². The van der Waals surface area contributed by atoms with Crippen LogP contribution in [-0.2, 0) is 9.59 Å². The largest absolute Gasteiger partial charge is 0.398 e. The number of carbonyl (C=O) groups excluding carboxylic acids is 2. The molecule has 1 unspecified atom stereocenters. The summed E-state index contributed by atoms with van der Waals surface area (Å²) in [6.45, 7) is 10.5. The van der Waals surface area contributed by atoms with Gasteiger partial charge in [0.2, 0.25) is 11.8 Å². The van der Waals surface area contributed by atoms with Crippen molar-refractivity contribution in [3.05, 3.63) is 29.8 Å². The summed E-state index contributed by atoms with van der Waals surface area (Å²) in [5, 5.41) is -0.0601. The van der Waals surface area contributed by atoms with Crippen LogP contribution in [0.2, 0.25) is 18.1 Å². The molecule has 0 radical (unpaired) electrons. The van der Waals surface area contributed by atoms with Crippen LogP contribution in [-0.4, -0.2) is 24.6 Å². The summed E-state index contributed by atoms with van der Waals surface area (Å²) in [6.07, 6.45) is 0.236. The average Bonchev–Trinajstić information content (AvgIpc) is 2.64. The molecule has 2 N–H and O–H groups in total. The summed E-state index contributed by atoms with van der Waals surface area (Å²) in [5.41, 5.74) is 7.34. The molecule has 1 heterocycles. The van der Waals surface area contributed by atoms with Gasteiger partial charge in [-0.3, -0.25) is 9.59 Å². The van der Waals surface area contributed by atoms with Crippen molar-refractivity contribution >= 4 is 25.7 Å². The molecule has 0 spiro atoms. The maximum Gasteiger partial charge on any atom is 0.229 e. The summed E-state index contributed by atoms with van der Waals surface area (Å²) in [7, 11) is -2.20. The zero-order valence-electron chi connectivity index (χ0n) is 13.4. The second-order valence-electron chi connectivity index (χ2n) is 7.26. The fourth-order valence-corrected chi connectivity index (χ4v) is 4.72. The highest BCUT2D eigenvalue weighted by atomic mass is 28.3. The molecule has 0 bridgehead atoms. The smallest absolute Gasteiger partial charge is 0.229 e. The van der Waals surface area contributed by atoms with Gasteiger partial charge < -0.3 is 10.3 Å². The molecule has 1 aliphatic rings. The van der Waals surface area contributed by atoms with Crippen LogP contribution < -0.4 is 5.73 Å². The molecule has 0 aromatic heterocycles. The van der Waals surface area contributed by atoms with E-state index in [1.807, 2.05) is 18.2 Å². The van der Waals surface area contributed by atoms with Crippen LogP contribution in [0.1, 0.15) is 38.7 Å². The Bertz CT molecular complexity index is 590. The Morgan fingerprint density at radius 1 is 1.19 bits per heavy atom. The summed E-state index contributed by atoms with van der Waals surface area (Å²) in [4.78, 5) is 25.3. The number of benzene rings is 1. The first-order chi connectivity index (χ1) is 9.57. The second-order valence-corrected chi connectivity index (χ2v) is 12.3. The molecular weight excluding hydrogens is 280 g/mol. The number of rotatable bonds is 2. The van der Waals surface area contributed by atoms with Gasteiger partial charge in [0.15, 0.2) is 8.24 Å². The number of amides is 2. The molecule has 0 saturated carbocycles. The molecule has 5 heteroatoms. The third-order valence-electron chi connectivity index (χ3n) is 4.91. The van der Waals surface area contributed by atoms with Crippen LogP contribution >= 0.6 is 0 Å². The first-order valence-corrected chi connectivity index (χ1v) is 10.2. The number of hydrogen-bond acceptors (Lipinski definition) is 3. The van der Waals surface area contributed by atoms with Crippen molar-refractivity contribution in [1.29, 1.82) is 0 Å². The molecule has 1 fully saturated rings. The van der Waals surface area contributed by atoms with Crippen LogP contribution in [0.25, 0.3) is 0 Å². The highest BCUT2D eigenvalue weighted by molar-refractivity contribution is 6.82. The molecule has 4 nitrogen and oxygen atoms in total. The van der Waals surface area contributed by atoms with Gasteiger partial charge in [-0.1, -0.05) is 52.1 Å². The van der Waals surface area contributed by atoms with Gasteiger partial charge in [-0.05, 0) is 16.7 Å². The van der Waals surface area contributed by atoms with Gasteiger partial charge in [-0.25, -0.2) is 0 Å². The zero-order chi connectivity index (χ0) is 16.0. The van der Waals surface area contributed by atoms with Crippen molar-refractivity contribution in [2.45, 2.75) is 51.2 Å². The number of nitrogens with zero attached hydrogens (tertiary/aromatic N) is 1. The SMILES string of the molecule is CC(C)(C)[Si](C)(C)N1C(=O)CC(c2ccccc2N)C1=O. The molecule has 2 rings (SSSR count). The van der Waals surface area contributed by atoms with E-state index < -0.39 is 14.2 Å². The zero-order valence-corrected chi connectivity index (χ0v) is 14.4. The third kappa shape index (κ3) is 2.50. The standard InChI is InChI=1S/C16H24N2O2Si/c1-16(2,3)21(4,5)18-14(19)10-12(15(18)20)11-8-6-7-9-13(11)17/h6-9,12H,10,17H2,1-5H3. The summed E-state index contributed by atoms with van der Waals surface area (Å²) in [5.74, 6) is -0.558. The Morgan fingerprint density at radius 3 is 2.29 bits per heavy atom. The predicted molar refractivity (Wildman–Crippen MR) is 87.3 cm³/mol. The lowest BCUT2D eigenvalue weighted by Crippen LogP contribution is -2.57. The number of para-hydroxylation sites is 1. The van der Waals surface area contributed by atoms with Gasteiger partial charge in [-0.2, -0.15) is 0 Å². The minimum Gasteiger partial charge on any atom is -0.398 e. The van der Waals surface area contributed by atoms with Crippen molar-refractivity contribution in [2.24, 2.45) is 0 Å². The number of nitrogens with two attached hydrogens (primary N) is 1. The van der Waals surface area contributed by atoms with E-state index in [9.17, 15) is 9.59 Å². The number of anilines is 1. The van der Waals surface area contributed by atoms with Crippen LogP contribution in [0.4, 0.5) is 5.69 Å². The van der Waals surface area contributed by atoms with Gasteiger partial charge in [-0.15, -0.1) is 0 Å². The van der Waals surface area contributed by atoms with E-state index in [2.05, 4.69) is 33.9 Å². The fraction of sp³-hybridized carbons (Fsp3) is 0.500. The van der Waals surface area contributed by atoms with E-state index in [4.69, 9.17) is 5.73 Å². The molecule has 2 amide bonds. The third-order valence-corrected chi connectivity index (χ3v) is 10.2. The Hall–Kier alpha value is -1.62. The highest BCUT2D eigenvalue weighted by Gasteiger charge is 2.52. The molecule has 0 aliphatic carbocycles. The molecule has 1 aliphatic heterocycles. The number of nitrogen functional groups attached to an aromatic ring is 1. The van der Waals surface area contributed by atoms with Gasteiger partial charge in [0, 0.05) is 12.1 Å². The predicted octanol–water partition coefficient (Wildman–Crippen LogP) is 3.12. The monoisotopic (exact) mass is 304 g/mol. The topological polar surface area (TPSA) is 63.4 Å². The Balaban J connectivity index is 2.41. The van der Waals surface area contributed by atoms with Gasteiger partial charge >= 0.3 is 0 Å². The van der Waals surface area contributed by atoms with E-state index in [-0.39, 0.29) is 23.3 Å². The molecule has 1 saturated heterocycles. The Kier molecular flexibility index (Phi) is 3.74. The first-order valence-electron chi connectivity index (χ1n) is 7.28. The quantitative estimate of drug-likeness (QED) is 0.519. The van der Waals surface area contributed by atoms with Crippen LogP contribution in [0.5, 0.6) is 0 Å². The van der Waals surface area contributed by atoms with E-state index in [0.717, 1.165) is 5.56 Å². The molecule has 21 heavy (non-hydrogen) atoms. The van der Waals surface area contributed by atoms with Crippen molar-refractivity contribution in [3.8, 4) is 0 Å². The van der Waals surface area contributed by atoms with E-state index in [1.54, 1.807) is 10.6 Å². The highest BCUT2D eigenvalue weighted by Crippen LogP contribution is 2.43. The van der Waals surface area contributed by atoms with Crippen molar-refractivity contribution in [2.75, 3.05) is 5.73 Å². The summed E-state index contributed by atoms with van der Waals surface area (Å²) >= 11 is 0. The lowest BCUT2D eigenvalue weighted by Gasteiger charge is -2.42. The second kappa shape index (κ2) is 4.98. The summed E-state index contributed by atoms with van der Waals surface area (Å²) in [6, 6.07) is 7.33.